The van der Waals surface area contributed by atoms with Crippen LogP contribution in [0.15, 0.2) is 18.2 Å². The highest BCUT2D eigenvalue weighted by molar-refractivity contribution is 5.46. The Bertz CT molecular complexity index is 498. The van der Waals surface area contributed by atoms with Crippen molar-refractivity contribution in [2.75, 3.05) is 19.7 Å². The van der Waals surface area contributed by atoms with Crippen molar-refractivity contribution in [1.82, 2.24) is 4.90 Å². The molecule has 2 aliphatic heterocycles. The molecule has 1 N–H and O–H groups in total. The number of ether oxygens (including phenoxy) is 1. The van der Waals surface area contributed by atoms with Crippen molar-refractivity contribution in [2.45, 2.75) is 43.7 Å². The summed E-state index contributed by atoms with van der Waals surface area (Å²) in [6.07, 6.45) is 5.61. The van der Waals surface area contributed by atoms with Crippen molar-refractivity contribution < 1.29 is 9.84 Å². The molecular weight excluding hydrogens is 238 g/mol. The van der Waals surface area contributed by atoms with E-state index in [2.05, 4.69) is 23.1 Å². The fourth-order valence-corrected chi connectivity index (χ4v) is 3.55. The minimum Gasteiger partial charge on any atom is -0.493 e. The Morgan fingerprint density at radius 1 is 1.32 bits per heavy atom. The van der Waals surface area contributed by atoms with E-state index in [4.69, 9.17) is 4.74 Å². The van der Waals surface area contributed by atoms with Crippen molar-refractivity contribution in [2.24, 2.45) is 0 Å². The van der Waals surface area contributed by atoms with Gasteiger partial charge >= 0.3 is 0 Å². The van der Waals surface area contributed by atoms with E-state index < -0.39 is 5.60 Å². The van der Waals surface area contributed by atoms with Gasteiger partial charge in [-0.1, -0.05) is 18.2 Å². The Balaban J connectivity index is 1.68. The van der Waals surface area contributed by atoms with Gasteiger partial charge in [0.2, 0.25) is 0 Å². The highest BCUT2D eigenvalue weighted by atomic mass is 16.5. The van der Waals surface area contributed by atoms with Crippen LogP contribution in [0.25, 0.3) is 0 Å². The molecule has 2 heterocycles. The predicted molar refractivity (Wildman–Crippen MR) is 73.4 cm³/mol. The second-order valence-electron chi connectivity index (χ2n) is 6.23. The number of benzene rings is 1. The van der Waals surface area contributed by atoms with Crippen molar-refractivity contribution >= 4 is 0 Å². The first-order chi connectivity index (χ1) is 9.26. The van der Waals surface area contributed by atoms with Crippen molar-refractivity contribution in [1.29, 1.82) is 0 Å². The van der Waals surface area contributed by atoms with E-state index in [1.165, 1.54) is 18.4 Å². The number of fused-ring (bicyclic) bond motifs is 1. The van der Waals surface area contributed by atoms with Gasteiger partial charge in [-0.05, 0) is 37.7 Å². The normalized spacial score (nSPS) is 31.0. The van der Waals surface area contributed by atoms with E-state index in [0.717, 1.165) is 56.3 Å². The van der Waals surface area contributed by atoms with Gasteiger partial charge in [-0.25, -0.2) is 0 Å². The first-order valence-corrected chi connectivity index (χ1v) is 7.48. The smallest absolute Gasteiger partial charge is 0.128 e. The molecule has 1 aromatic carbocycles. The fraction of sp³-hybridized carbons (Fsp3) is 0.625. The molecule has 0 radical (unpaired) electrons. The largest absolute Gasteiger partial charge is 0.493 e. The van der Waals surface area contributed by atoms with E-state index in [-0.39, 0.29) is 0 Å². The molecule has 0 bridgehead atoms. The summed E-state index contributed by atoms with van der Waals surface area (Å²) < 4.78 is 5.87. The van der Waals surface area contributed by atoms with E-state index in [9.17, 15) is 5.11 Å². The lowest BCUT2D eigenvalue weighted by Crippen LogP contribution is -2.32. The molecule has 3 nitrogen and oxygen atoms in total. The van der Waals surface area contributed by atoms with Gasteiger partial charge in [-0.15, -0.1) is 0 Å². The van der Waals surface area contributed by atoms with Crippen molar-refractivity contribution in [3.63, 3.8) is 0 Å². The lowest BCUT2D eigenvalue weighted by molar-refractivity contribution is 0.0415. The van der Waals surface area contributed by atoms with Crippen LogP contribution in [0.1, 0.15) is 36.8 Å². The summed E-state index contributed by atoms with van der Waals surface area (Å²) in [5.74, 6) is 0.967. The van der Waals surface area contributed by atoms with Gasteiger partial charge in [-0.3, -0.25) is 4.90 Å². The molecule has 0 spiro atoms. The van der Waals surface area contributed by atoms with Crippen LogP contribution in [0.3, 0.4) is 0 Å². The summed E-state index contributed by atoms with van der Waals surface area (Å²) in [7, 11) is 0. The molecular formula is C16H21NO2. The number of rotatable bonds is 2. The van der Waals surface area contributed by atoms with Crippen LogP contribution in [0.5, 0.6) is 5.75 Å². The van der Waals surface area contributed by atoms with Crippen LogP contribution in [0.2, 0.25) is 0 Å². The number of para-hydroxylation sites is 1. The van der Waals surface area contributed by atoms with Gasteiger partial charge in [0.15, 0.2) is 0 Å². The Morgan fingerprint density at radius 3 is 3.05 bits per heavy atom. The minimum absolute atomic E-state index is 0.703. The SMILES string of the molecule is OC1(c2cccc3c2OCCC3)CCN(C2CC2)C1. The second-order valence-corrected chi connectivity index (χ2v) is 6.23. The third kappa shape index (κ3) is 1.96. The second kappa shape index (κ2) is 4.22. The average Bonchev–Trinajstić information content (AvgIpc) is 3.22. The predicted octanol–water partition coefficient (Wildman–Crippen LogP) is 2.07. The summed E-state index contributed by atoms with van der Waals surface area (Å²) in [4.78, 5) is 2.45. The molecule has 1 saturated heterocycles. The number of aryl methyl sites for hydroxylation is 1. The van der Waals surface area contributed by atoms with Crippen LogP contribution < -0.4 is 4.74 Å². The number of hydrogen-bond donors (Lipinski definition) is 1. The summed E-state index contributed by atoms with van der Waals surface area (Å²) in [6, 6.07) is 6.99. The molecule has 0 aromatic heterocycles. The molecule has 1 atom stereocenters. The van der Waals surface area contributed by atoms with Crippen molar-refractivity contribution in [3.05, 3.63) is 29.3 Å². The Hall–Kier alpha value is -1.06. The maximum absolute atomic E-state index is 11.0. The highest BCUT2D eigenvalue weighted by Crippen LogP contribution is 2.43. The van der Waals surface area contributed by atoms with Crippen LogP contribution in [0, 0.1) is 0 Å². The van der Waals surface area contributed by atoms with Gasteiger partial charge < -0.3 is 9.84 Å². The number of β-amino-alcohol motifs (C(OH)–C–C–N with tert-alkyl or cyclic N) is 1. The molecule has 1 unspecified atom stereocenters. The zero-order chi connectivity index (χ0) is 12.9. The monoisotopic (exact) mass is 259 g/mol. The maximum atomic E-state index is 11.0. The molecule has 3 aliphatic rings. The zero-order valence-electron chi connectivity index (χ0n) is 11.3. The average molecular weight is 259 g/mol. The molecule has 3 heteroatoms. The van der Waals surface area contributed by atoms with Gasteiger partial charge in [0.25, 0.3) is 0 Å². The molecule has 1 saturated carbocycles. The topological polar surface area (TPSA) is 32.7 Å². The quantitative estimate of drug-likeness (QED) is 0.882. The molecule has 4 rings (SSSR count). The van der Waals surface area contributed by atoms with Crippen LogP contribution >= 0.6 is 0 Å². The summed E-state index contributed by atoms with van der Waals surface area (Å²) in [5.41, 5.74) is 1.58. The molecule has 2 fully saturated rings. The van der Waals surface area contributed by atoms with Gasteiger partial charge in [0.05, 0.1) is 6.61 Å². The third-order valence-electron chi connectivity index (χ3n) is 4.78. The number of likely N-dealkylation sites (tertiary alicyclic amines) is 1. The zero-order valence-corrected chi connectivity index (χ0v) is 11.3. The molecule has 1 aliphatic carbocycles. The first kappa shape index (κ1) is 11.7. The molecule has 102 valence electrons. The van der Waals surface area contributed by atoms with Gasteiger partial charge in [0.1, 0.15) is 11.4 Å². The maximum Gasteiger partial charge on any atom is 0.128 e. The molecule has 0 amide bonds. The summed E-state index contributed by atoms with van der Waals surface area (Å²) in [6.45, 7) is 2.58. The summed E-state index contributed by atoms with van der Waals surface area (Å²) >= 11 is 0. The van der Waals surface area contributed by atoms with Crippen LogP contribution in [-0.2, 0) is 12.0 Å². The Labute approximate surface area is 114 Å². The van der Waals surface area contributed by atoms with Gasteiger partial charge in [0, 0.05) is 24.7 Å². The Morgan fingerprint density at radius 2 is 2.21 bits per heavy atom. The number of hydrogen-bond acceptors (Lipinski definition) is 3. The standard InChI is InChI=1S/C16H21NO2/c18-16(8-9-17(11-16)13-6-7-13)14-5-1-3-12-4-2-10-19-15(12)14/h1,3,5,13,18H,2,4,6-11H2. The van der Waals surface area contributed by atoms with Crippen LogP contribution in [0.4, 0.5) is 0 Å². The fourth-order valence-electron chi connectivity index (χ4n) is 3.55. The van der Waals surface area contributed by atoms with E-state index in [0.29, 0.717) is 0 Å². The molecule has 19 heavy (non-hydrogen) atoms. The summed E-state index contributed by atoms with van der Waals surface area (Å²) in [5, 5.41) is 11.0. The highest BCUT2D eigenvalue weighted by Gasteiger charge is 2.44. The first-order valence-electron chi connectivity index (χ1n) is 7.48. The minimum atomic E-state index is -0.703. The molecule has 1 aromatic rings. The van der Waals surface area contributed by atoms with E-state index in [1.807, 2.05) is 0 Å². The number of aliphatic hydroxyl groups is 1. The van der Waals surface area contributed by atoms with Crippen molar-refractivity contribution in [3.8, 4) is 5.75 Å². The third-order valence-corrected chi connectivity index (χ3v) is 4.78. The van der Waals surface area contributed by atoms with Crippen LogP contribution in [-0.4, -0.2) is 35.7 Å². The number of nitrogens with zero attached hydrogens (tertiary/aromatic N) is 1. The Kier molecular flexibility index (Phi) is 2.61. The lowest BCUT2D eigenvalue weighted by atomic mass is 9.89. The lowest BCUT2D eigenvalue weighted by Gasteiger charge is -2.29. The van der Waals surface area contributed by atoms with E-state index >= 15 is 0 Å². The van der Waals surface area contributed by atoms with E-state index in [1.54, 1.807) is 0 Å². The van der Waals surface area contributed by atoms with Gasteiger partial charge in [-0.2, -0.15) is 0 Å².